The van der Waals surface area contributed by atoms with Gasteiger partial charge in [-0.15, -0.1) is 0 Å². The van der Waals surface area contributed by atoms with E-state index in [1.165, 1.54) is 7.11 Å². The number of ether oxygens (including phenoxy) is 1. The molecule has 0 aliphatic heterocycles. The number of nitrogens with one attached hydrogen (secondary N) is 1. The molecule has 0 aromatic rings. The summed E-state index contributed by atoms with van der Waals surface area (Å²) in [6.45, 7) is 3.96. The van der Waals surface area contributed by atoms with E-state index in [0.29, 0.717) is 12.8 Å². The fourth-order valence-electron chi connectivity index (χ4n) is 1.48. The SMILES string of the molecule is COC(=O)C(CC(C)C)NC(=O)[C@@H](N)CCSC. The van der Waals surface area contributed by atoms with Gasteiger partial charge in [-0.2, -0.15) is 11.8 Å². The molecule has 2 atom stereocenters. The second-order valence-corrected chi connectivity index (χ2v) is 5.59. The zero-order valence-corrected chi connectivity index (χ0v) is 12.4. The van der Waals surface area contributed by atoms with E-state index in [1.54, 1.807) is 11.8 Å². The average Bonchev–Trinajstić information content (AvgIpc) is 2.33. The molecular formula is C12H24N2O3S. The Labute approximate surface area is 113 Å². The number of hydrogen-bond acceptors (Lipinski definition) is 5. The van der Waals surface area contributed by atoms with Crippen LogP contribution in [0.4, 0.5) is 0 Å². The Morgan fingerprint density at radius 1 is 1.39 bits per heavy atom. The van der Waals surface area contributed by atoms with Crippen LogP contribution in [0.25, 0.3) is 0 Å². The van der Waals surface area contributed by atoms with E-state index < -0.39 is 18.1 Å². The lowest BCUT2D eigenvalue weighted by molar-refractivity contribution is -0.145. The lowest BCUT2D eigenvalue weighted by atomic mass is 10.0. The molecule has 0 bridgehead atoms. The van der Waals surface area contributed by atoms with Gasteiger partial charge in [0.15, 0.2) is 0 Å². The summed E-state index contributed by atoms with van der Waals surface area (Å²) >= 11 is 1.64. The third kappa shape index (κ3) is 6.86. The van der Waals surface area contributed by atoms with Crippen molar-refractivity contribution in [2.45, 2.75) is 38.8 Å². The van der Waals surface area contributed by atoms with Crippen molar-refractivity contribution in [2.24, 2.45) is 11.7 Å². The summed E-state index contributed by atoms with van der Waals surface area (Å²) in [5.41, 5.74) is 5.75. The molecular weight excluding hydrogens is 252 g/mol. The molecule has 106 valence electrons. The predicted octanol–water partition coefficient (Wildman–Crippen LogP) is 0.771. The maximum atomic E-state index is 11.8. The van der Waals surface area contributed by atoms with Gasteiger partial charge in [-0.05, 0) is 30.8 Å². The molecule has 18 heavy (non-hydrogen) atoms. The molecule has 0 heterocycles. The highest BCUT2D eigenvalue weighted by Crippen LogP contribution is 2.07. The van der Waals surface area contributed by atoms with E-state index in [-0.39, 0.29) is 11.8 Å². The zero-order chi connectivity index (χ0) is 14.1. The number of thioether (sulfide) groups is 1. The third-order valence-electron chi connectivity index (χ3n) is 2.48. The molecule has 0 aliphatic carbocycles. The highest BCUT2D eigenvalue weighted by molar-refractivity contribution is 7.98. The topological polar surface area (TPSA) is 81.4 Å². The summed E-state index contributed by atoms with van der Waals surface area (Å²) in [5, 5.41) is 2.66. The number of amides is 1. The minimum Gasteiger partial charge on any atom is -0.467 e. The van der Waals surface area contributed by atoms with E-state index in [2.05, 4.69) is 10.1 Å². The van der Waals surface area contributed by atoms with Crippen LogP contribution in [0.15, 0.2) is 0 Å². The van der Waals surface area contributed by atoms with E-state index in [9.17, 15) is 9.59 Å². The molecule has 0 radical (unpaired) electrons. The molecule has 3 N–H and O–H groups in total. The summed E-state index contributed by atoms with van der Waals surface area (Å²) in [4.78, 5) is 23.3. The van der Waals surface area contributed by atoms with Crippen molar-refractivity contribution >= 4 is 23.6 Å². The van der Waals surface area contributed by atoms with Crippen molar-refractivity contribution in [3.05, 3.63) is 0 Å². The summed E-state index contributed by atoms with van der Waals surface area (Å²) in [6, 6.07) is -1.18. The maximum Gasteiger partial charge on any atom is 0.328 e. The smallest absolute Gasteiger partial charge is 0.328 e. The number of rotatable bonds is 8. The van der Waals surface area contributed by atoms with Crippen molar-refractivity contribution in [1.29, 1.82) is 0 Å². The van der Waals surface area contributed by atoms with Gasteiger partial charge in [0.05, 0.1) is 13.2 Å². The number of nitrogens with two attached hydrogens (primary N) is 1. The van der Waals surface area contributed by atoms with Crippen LogP contribution >= 0.6 is 11.8 Å². The molecule has 0 spiro atoms. The fraction of sp³-hybridized carbons (Fsp3) is 0.833. The highest BCUT2D eigenvalue weighted by Gasteiger charge is 2.24. The van der Waals surface area contributed by atoms with Crippen LogP contribution in [0.3, 0.4) is 0 Å². The van der Waals surface area contributed by atoms with Crippen LogP contribution in [0.1, 0.15) is 26.7 Å². The second kappa shape index (κ2) is 9.22. The van der Waals surface area contributed by atoms with E-state index in [1.807, 2.05) is 20.1 Å². The van der Waals surface area contributed by atoms with Gasteiger partial charge in [-0.3, -0.25) is 4.79 Å². The molecule has 1 amide bonds. The largest absolute Gasteiger partial charge is 0.467 e. The van der Waals surface area contributed by atoms with Gasteiger partial charge in [0.1, 0.15) is 6.04 Å². The molecule has 5 nitrogen and oxygen atoms in total. The van der Waals surface area contributed by atoms with Crippen molar-refractivity contribution < 1.29 is 14.3 Å². The molecule has 0 aliphatic rings. The number of carbonyl (C=O) groups is 2. The number of esters is 1. The van der Waals surface area contributed by atoms with Crippen molar-refractivity contribution in [1.82, 2.24) is 5.32 Å². The molecule has 0 rings (SSSR count). The minimum absolute atomic E-state index is 0.289. The Hall–Kier alpha value is -0.750. The van der Waals surface area contributed by atoms with Crippen molar-refractivity contribution in [3.63, 3.8) is 0 Å². The molecule has 6 heteroatoms. The summed E-state index contributed by atoms with van der Waals surface area (Å²) in [6.07, 6.45) is 3.11. The van der Waals surface area contributed by atoms with Crippen LogP contribution in [-0.2, 0) is 14.3 Å². The van der Waals surface area contributed by atoms with Gasteiger partial charge < -0.3 is 15.8 Å². The van der Waals surface area contributed by atoms with E-state index in [0.717, 1.165) is 5.75 Å². The zero-order valence-electron chi connectivity index (χ0n) is 11.6. The number of carbonyl (C=O) groups excluding carboxylic acids is 2. The molecule has 0 saturated carbocycles. The predicted molar refractivity (Wildman–Crippen MR) is 74.4 cm³/mol. The number of methoxy groups -OCH3 is 1. The summed E-state index contributed by atoms with van der Waals surface area (Å²) in [7, 11) is 1.31. The molecule has 0 saturated heterocycles. The standard InChI is InChI=1S/C12H24N2O3S/c1-8(2)7-10(12(16)17-3)14-11(15)9(13)5-6-18-4/h8-10H,5-7,13H2,1-4H3,(H,14,15)/t9-,10?/m0/s1. The highest BCUT2D eigenvalue weighted by atomic mass is 32.2. The van der Waals surface area contributed by atoms with Crippen molar-refractivity contribution in [2.75, 3.05) is 19.1 Å². The molecule has 0 aromatic heterocycles. The van der Waals surface area contributed by atoms with Crippen LogP contribution < -0.4 is 11.1 Å². The normalized spacial score (nSPS) is 14.1. The summed E-state index contributed by atoms with van der Waals surface area (Å²) in [5.74, 6) is 0.396. The van der Waals surface area contributed by atoms with Crippen molar-refractivity contribution in [3.8, 4) is 0 Å². The maximum absolute atomic E-state index is 11.8. The van der Waals surface area contributed by atoms with Gasteiger partial charge in [0, 0.05) is 0 Å². The fourth-order valence-corrected chi connectivity index (χ4v) is 1.97. The molecule has 0 fully saturated rings. The van der Waals surface area contributed by atoms with Gasteiger partial charge in [-0.1, -0.05) is 13.8 Å². The molecule has 1 unspecified atom stereocenters. The van der Waals surface area contributed by atoms with E-state index >= 15 is 0 Å². The van der Waals surface area contributed by atoms with Crippen LogP contribution in [0.5, 0.6) is 0 Å². The van der Waals surface area contributed by atoms with Crippen LogP contribution in [-0.4, -0.2) is 43.1 Å². The Morgan fingerprint density at radius 2 is 2.00 bits per heavy atom. The Morgan fingerprint density at radius 3 is 2.44 bits per heavy atom. The van der Waals surface area contributed by atoms with Gasteiger partial charge in [-0.25, -0.2) is 4.79 Å². The second-order valence-electron chi connectivity index (χ2n) is 4.60. The Kier molecular flexibility index (Phi) is 8.83. The average molecular weight is 276 g/mol. The van der Waals surface area contributed by atoms with Gasteiger partial charge >= 0.3 is 5.97 Å². The van der Waals surface area contributed by atoms with Gasteiger partial charge in [0.2, 0.25) is 5.91 Å². The van der Waals surface area contributed by atoms with Crippen LogP contribution in [0.2, 0.25) is 0 Å². The first-order valence-electron chi connectivity index (χ1n) is 6.05. The Balaban J connectivity index is 4.38. The first-order valence-corrected chi connectivity index (χ1v) is 7.44. The van der Waals surface area contributed by atoms with E-state index in [4.69, 9.17) is 5.73 Å². The minimum atomic E-state index is -0.608. The van der Waals surface area contributed by atoms with Crippen LogP contribution in [0, 0.1) is 5.92 Å². The lowest BCUT2D eigenvalue weighted by Gasteiger charge is -2.20. The number of hydrogen-bond donors (Lipinski definition) is 2. The monoisotopic (exact) mass is 276 g/mol. The molecule has 0 aromatic carbocycles. The summed E-state index contributed by atoms with van der Waals surface area (Å²) < 4.78 is 4.68. The Bertz CT molecular complexity index is 272. The quantitative estimate of drug-likeness (QED) is 0.640. The first kappa shape index (κ1) is 17.2. The first-order chi connectivity index (χ1) is 8.42. The van der Waals surface area contributed by atoms with Gasteiger partial charge in [0.25, 0.3) is 0 Å². The third-order valence-corrected chi connectivity index (χ3v) is 3.12. The lowest BCUT2D eigenvalue weighted by Crippen LogP contribution is -2.49.